The fourth-order valence-corrected chi connectivity index (χ4v) is 3.67. The normalized spacial score (nSPS) is 20.4. The van der Waals surface area contributed by atoms with Gasteiger partial charge in [-0.3, -0.25) is 4.79 Å². The molecule has 1 fully saturated rings. The molecule has 0 unspecified atom stereocenters. The number of rotatable bonds is 5. The highest BCUT2D eigenvalue weighted by Gasteiger charge is 2.28. The van der Waals surface area contributed by atoms with E-state index in [4.69, 9.17) is 9.47 Å². The SMILES string of the molecule is COc1ccc(OCC(=O)N[C@@H]2CCS(=O)(=O)C2)cc1. The van der Waals surface area contributed by atoms with Gasteiger partial charge in [0.1, 0.15) is 11.5 Å². The summed E-state index contributed by atoms with van der Waals surface area (Å²) in [6.45, 7) is -0.136. The van der Waals surface area contributed by atoms with Crippen LogP contribution in [0, 0.1) is 0 Å². The van der Waals surface area contributed by atoms with Crippen LogP contribution in [0.15, 0.2) is 24.3 Å². The number of sulfone groups is 1. The smallest absolute Gasteiger partial charge is 0.258 e. The lowest BCUT2D eigenvalue weighted by Gasteiger charge is -2.11. The number of benzene rings is 1. The number of ether oxygens (including phenoxy) is 2. The van der Waals surface area contributed by atoms with Gasteiger partial charge >= 0.3 is 0 Å². The predicted molar refractivity (Wildman–Crippen MR) is 73.7 cm³/mol. The summed E-state index contributed by atoms with van der Waals surface area (Å²) in [6.07, 6.45) is 0.469. The van der Waals surface area contributed by atoms with E-state index in [1.54, 1.807) is 31.4 Å². The average molecular weight is 299 g/mol. The van der Waals surface area contributed by atoms with Gasteiger partial charge in [-0.25, -0.2) is 8.42 Å². The van der Waals surface area contributed by atoms with Gasteiger partial charge in [-0.15, -0.1) is 0 Å². The molecule has 7 heteroatoms. The number of amides is 1. The van der Waals surface area contributed by atoms with Crippen LogP contribution < -0.4 is 14.8 Å². The number of carbonyl (C=O) groups excluding carboxylic acids is 1. The van der Waals surface area contributed by atoms with Gasteiger partial charge in [0.25, 0.3) is 5.91 Å². The molecule has 1 amide bonds. The Morgan fingerprint density at radius 3 is 2.50 bits per heavy atom. The van der Waals surface area contributed by atoms with Crippen LogP contribution in [0.4, 0.5) is 0 Å². The van der Waals surface area contributed by atoms with Gasteiger partial charge < -0.3 is 14.8 Å². The van der Waals surface area contributed by atoms with Crippen LogP contribution in [-0.4, -0.2) is 45.6 Å². The Labute approximate surface area is 118 Å². The molecule has 0 aromatic heterocycles. The van der Waals surface area contributed by atoms with E-state index >= 15 is 0 Å². The lowest BCUT2D eigenvalue weighted by molar-refractivity contribution is -0.123. The molecule has 0 aliphatic carbocycles. The average Bonchev–Trinajstić information content (AvgIpc) is 2.76. The van der Waals surface area contributed by atoms with Crippen LogP contribution in [0.1, 0.15) is 6.42 Å². The minimum absolute atomic E-state index is 0.0152. The first kappa shape index (κ1) is 14.6. The molecule has 110 valence electrons. The zero-order valence-corrected chi connectivity index (χ0v) is 12.0. The van der Waals surface area contributed by atoms with Crippen molar-refractivity contribution in [3.05, 3.63) is 24.3 Å². The van der Waals surface area contributed by atoms with Gasteiger partial charge in [-0.1, -0.05) is 0 Å². The number of hydrogen-bond acceptors (Lipinski definition) is 5. The summed E-state index contributed by atoms with van der Waals surface area (Å²) in [7, 11) is -1.42. The van der Waals surface area contributed by atoms with E-state index in [2.05, 4.69) is 5.32 Å². The molecule has 0 spiro atoms. The number of nitrogens with one attached hydrogen (secondary N) is 1. The minimum Gasteiger partial charge on any atom is -0.497 e. The van der Waals surface area contributed by atoms with E-state index in [9.17, 15) is 13.2 Å². The fourth-order valence-electron chi connectivity index (χ4n) is 2.00. The number of hydrogen-bond donors (Lipinski definition) is 1. The summed E-state index contributed by atoms with van der Waals surface area (Å²) in [4.78, 5) is 11.7. The molecule has 2 rings (SSSR count). The lowest BCUT2D eigenvalue weighted by Crippen LogP contribution is -2.38. The molecule has 1 atom stereocenters. The van der Waals surface area contributed by atoms with E-state index in [0.717, 1.165) is 0 Å². The van der Waals surface area contributed by atoms with Gasteiger partial charge in [0.2, 0.25) is 0 Å². The molecule has 20 heavy (non-hydrogen) atoms. The quantitative estimate of drug-likeness (QED) is 0.850. The maximum absolute atomic E-state index is 11.7. The monoisotopic (exact) mass is 299 g/mol. The second-order valence-corrected chi connectivity index (χ2v) is 6.86. The molecule has 0 bridgehead atoms. The Morgan fingerprint density at radius 2 is 1.95 bits per heavy atom. The van der Waals surface area contributed by atoms with Gasteiger partial charge in [-0.2, -0.15) is 0 Å². The number of carbonyl (C=O) groups is 1. The maximum Gasteiger partial charge on any atom is 0.258 e. The van der Waals surface area contributed by atoms with E-state index in [-0.39, 0.29) is 30.1 Å². The summed E-state index contributed by atoms with van der Waals surface area (Å²) in [5.41, 5.74) is 0. The molecule has 6 nitrogen and oxygen atoms in total. The zero-order chi connectivity index (χ0) is 14.6. The van der Waals surface area contributed by atoms with Crippen molar-refractivity contribution in [2.24, 2.45) is 0 Å². The Morgan fingerprint density at radius 1 is 1.30 bits per heavy atom. The molecule has 1 saturated heterocycles. The first-order valence-corrected chi connectivity index (χ1v) is 8.07. The highest BCUT2D eigenvalue weighted by atomic mass is 32.2. The van der Waals surface area contributed by atoms with Crippen LogP contribution in [0.2, 0.25) is 0 Å². The van der Waals surface area contributed by atoms with Crippen molar-refractivity contribution in [3.63, 3.8) is 0 Å². The Bertz CT molecular complexity index is 567. The summed E-state index contributed by atoms with van der Waals surface area (Å²) in [5, 5.41) is 2.66. The zero-order valence-electron chi connectivity index (χ0n) is 11.2. The summed E-state index contributed by atoms with van der Waals surface area (Å²) >= 11 is 0. The summed E-state index contributed by atoms with van der Waals surface area (Å²) in [5.74, 6) is 1.10. The largest absolute Gasteiger partial charge is 0.497 e. The minimum atomic E-state index is -2.99. The highest BCUT2D eigenvalue weighted by Crippen LogP contribution is 2.17. The third-order valence-electron chi connectivity index (χ3n) is 3.03. The Balaban J connectivity index is 1.77. The molecule has 1 aliphatic rings. The standard InChI is InChI=1S/C13H17NO5S/c1-18-11-2-4-12(5-3-11)19-8-13(15)14-10-6-7-20(16,17)9-10/h2-5,10H,6-9H2,1H3,(H,14,15)/t10-/m1/s1. The van der Waals surface area contributed by atoms with Crippen LogP contribution in [-0.2, 0) is 14.6 Å². The Hall–Kier alpha value is -1.76. The van der Waals surface area contributed by atoms with E-state index in [0.29, 0.717) is 17.9 Å². The van der Waals surface area contributed by atoms with Gasteiger partial charge in [-0.05, 0) is 30.7 Å². The Kier molecular flexibility index (Phi) is 4.49. The molecular formula is C13H17NO5S. The van der Waals surface area contributed by atoms with E-state index in [1.807, 2.05) is 0 Å². The molecule has 1 aliphatic heterocycles. The lowest BCUT2D eigenvalue weighted by atomic mass is 10.2. The first-order chi connectivity index (χ1) is 9.48. The first-order valence-electron chi connectivity index (χ1n) is 6.25. The van der Waals surface area contributed by atoms with Crippen molar-refractivity contribution in [3.8, 4) is 11.5 Å². The second-order valence-electron chi connectivity index (χ2n) is 4.63. The third kappa shape index (κ3) is 4.12. The second kappa shape index (κ2) is 6.13. The highest BCUT2D eigenvalue weighted by molar-refractivity contribution is 7.91. The van der Waals surface area contributed by atoms with Crippen LogP contribution in [0.25, 0.3) is 0 Å². The van der Waals surface area contributed by atoms with Crippen LogP contribution >= 0.6 is 0 Å². The van der Waals surface area contributed by atoms with Crippen molar-refractivity contribution in [1.82, 2.24) is 5.32 Å². The molecule has 1 heterocycles. The van der Waals surface area contributed by atoms with Crippen LogP contribution in [0.3, 0.4) is 0 Å². The molecular weight excluding hydrogens is 282 g/mol. The van der Waals surface area contributed by atoms with Crippen molar-refractivity contribution < 1.29 is 22.7 Å². The topological polar surface area (TPSA) is 81.7 Å². The predicted octanol–water partition coefficient (Wildman–Crippen LogP) is 0.377. The molecule has 0 saturated carbocycles. The molecule has 1 N–H and O–H groups in total. The van der Waals surface area contributed by atoms with Gasteiger partial charge in [0, 0.05) is 6.04 Å². The molecule has 1 aromatic carbocycles. The van der Waals surface area contributed by atoms with Crippen LogP contribution in [0.5, 0.6) is 11.5 Å². The molecule has 1 aromatic rings. The van der Waals surface area contributed by atoms with E-state index in [1.165, 1.54) is 0 Å². The van der Waals surface area contributed by atoms with Crippen molar-refractivity contribution in [1.29, 1.82) is 0 Å². The van der Waals surface area contributed by atoms with Gasteiger partial charge in [0.05, 0.1) is 18.6 Å². The fraction of sp³-hybridized carbons (Fsp3) is 0.462. The number of methoxy groups -OCH3 is 1. The third-order valence-corrected chi connectivity index (χ3v) is 4.79. The van der Waals surface area contributed by atoms with E-state index < -0.39 is 9.84 Å². The summed E-state index contributed by atoms with van der Waals surface area (Å²) < 4.78 is 32.9. The van der Waals surface area contributed by atoms with Gasteiger partial charge in [0.15, 0.2) is 16.4 Å². The van der Waals surface area contributed by atoms with Crippen molar-refractivity contribution in [2.75, 3.05) is 25.2 Å². The maximum atomic E-state index is 11.7. The van der Waals surface area contributed by atoms with Crippen molar-refractivity contribution in [2.45, 2.75) is 12.5 Å². The summed E-state index contributed by atoms with van der Waals surface area (Å²) in [6, 6.07) is 6.57. The molecule has 0 radical (unpaired) electrons. The van der Waals surface area contributed by atoms with Crippen molar-refractivity contribution >= 4 is 15.7 Å².